The predicted molar refractivity (Wildman–Crippen MR) is 81.5 cm³/mol. The molecule has 0 aromatic rings. The second-order valence-electron chi connectivity index (χ2n) is 5.16. The molecule has 0 atom stereocenters. The SMILES string of the molecule is CCCCc1ccc2cc(C(C)C)cccc1-2.[Na]. The van der Waals surface area contributed by atoms with Crippen molar-refractivity contribution in [2.75, 3.05) is 0 Å². The van der Waals surface area contributed by atoms with Crippen molar-refractivity contribution in [1.29, 1.82) is 0 Å². The maximum Gasteiger partial charge on any atom is 0 e. The van der Waals surface area contributed by atoms with Gasteiger partial charge >= 0.3 is 0 Å². The molecule has 1 heteroatoms. The van der Waals surface area contributed by atoms with Crippen LogP contribution in [0.4, 0.5) is 0 Å². The molecule has 0 nitrogen and oxygen atoms in total. The summed E-state index contributed by atoms with van der Waals surface area (Å²) in [4.78, 5) is 0. The first kappa shape index (κ1) is 15.8. The molecule has 2 rings (SSSR count). The first-order chi connectivity index (χ1) is 8.22. The van der Waals surface area contributed by atoms with Gasteiger partial charge in [0.1, 0.15) is 0 Å². The number of hydrogen-bond acceptors (Lipinski definition) is 0. The molecule has 0 aliphatic heterocycles. The third kappa shape index (κ3) is 3.60. The van der Waals surface area contributed by atoms with E-state index in [1.165, 1.54) is 41.5 Å². The Morgan fingerprint density at radius 3 is 2.50 bits per heavy atom. The number of aryl methyl sites for hydroxylation is 1. The fourth-order valence-corrected chi connectivity index (χ4v) is 2.31. The fraction of sp³-hybridized carbons (Fsp3) is 0.412. The summed E-state index contributed by atoms with van der Waals surface area (Å²) in [5.41, 5.74) is 5.76. The molecule has 0 amide bonds. The van der Waals surface area contributed by atoms with Crippen LogP contribution < -0.4 is 0 Å². The summed E-state index contributed by atoms with van der Waals surface area (Å²) < 4.78 is 0. The fourth-order valence-electron chi connectivity index (χ4n) is 2.31. The Hall–Kier alpha value is -0.300. The molecule has 2 aliphatic rings. The zero-order valence-corrected chi connectivity index (χ0v) is 14.2. The molecule has 0 unspecified atom stereocenters. The van der Waals surface area contributed by atoms with Crippen LogP contribution >= 0.6 is 0 Å². The summed E-state index contributed by atoms with van der Waals surface area (Å²) in [6.45, 7) is 6.76. The summed E-state index contributed by atoms with van der Waals surface area (Å²) in [7, 11) is 0. The van der Waals surface area contributed by atoms with Crippen LogP contribution in [-0.4, -0.2) is 29.6 Å². The van der Waals surface area contributed by atoms with Crippen molar-refractivity contribution in [3.63, 3.8) is 0 Å². The maximum atomic E-state index is 2.34. The molecule has 91 valence electrons. The first-order valence-electron chi connectivity index (χ1n) is 6.74. The smallest absolute Gasteiger partial charge is 0 e. The van der Waals surface area contributed by atoms with Gasteiger partial charge in [0, 0.05) is 29.6 Å². The minimum absolute atomic E-state index is 0. The quantitative estimate of drug-likeness (QED) is 0.678. The van der Waals surface area contributed by atoms with E-state index in [0.717, 1.165) is 0 Å². The first-order valence-corrected chi connectivity index (χ1v) is 6.74. The van der Waals surface area contributed by atoms with Gasteiger partial charge in [-0.05, 0) is 41.0 Å². The van der Waals surface area contributed by atoms with E-state index >= 15 is 0 Å². The third-order valence-electron chi connectivity index (χ3n) is 3.46. The van der Waals surface area contributed by atoms with Crippen molar-refractivity contribution in [1.82, 2.24) is 0 Å². The van der Waals surface area contributed by atoms with Crippen molar-refractivity contribution in [3.8, 4) is 11.1 Å². The summed E-state index contributed by atoms with van der Waals surface area (Å²) in [6, 6.07) is 13.6. The zero-order valence-electron chi connectivity index (χ0n) is 12.2. The molecular formula is C17H22Na. The molecule has 0 heterocycles. The largest absolute Gasteiger partial charge is 0.0654 e. The van der Waals surface area contributed by atoms with E-state index in [9.17, 15) is 0 Å². The number of fused-ring (bicyclic) bond motifs is 1. The number of hydrogen-bond donors (Lipinski definition) is 0. The molecule has 0 aromatic heterocycles. The number of rotatable bonds is 4. The molecule has 2 aliphatic carbocycles. The summed E-state index contributed by atoms with van der Waals surface area (Å²) in [6.07, 6.45) is 3.76. The van der Waals surface area contributed by atoms with Crippen LogP contribution in [0.25, 0.3) is 11.1 Å². The predicted octanol–water partition coefficient (Wildman–Crippen LogP) is 4.88. The average Bonchev–Trinajstić information content (AvgIpc) is 2.56. The van der Waals surface area contributed by atoms with E-state index in [1.807, 2.05) is 0 Å². The summed E-state index contributed by atoms with van der Waals surface area (Å²) in [5, 5.41) is 0. The van der Waals surface area contributed by atoms with Gasteiger partial charge in [-0.25, -0.2) is 0 Å². The van der Waals surface area contributed by atoms with E-state index in [1.54, 1.807) is 0 Å². The van der Waals surface area contributed by atoms with E-state index in [4.69, 9.17) is 0 Å². The molecule has 0 aromatic carbocycles. The van der Waals surface area contributed by atoms with Crippen LogP contribution in [-0.2, 0) is 6.42 Å². The standard InChI is InChI=1S/C17H22.Na/c1-4-5-7-14-10-11-16-12-15(13(2)3)8-6-9-17(14)16;/h6,8-13H,4-5,7H2,1-3H3;. The third-order valence-corrected chi connectivity index (χ3v) is 3.46. The van der Waals surface area contributed by atoms with E-state index in [2.05, 4.69) is 57.2 Å². The van der Waals surface area contributed by atoms with Gasteiger partial charge in [-0.3, -0.25) is 0 Å². The Balaban J connectivity index is 0.00000162. The second kappa shape index (κ2) is 7.33. The molecule has 1 radical (unpaired) electrons. The van der Waals surface area contributed by atoms with Crippen LogP contribution in [0.2, 0.25) is 0 Å². The van der Waals surface area contributed by atoms with E-state index in [-0.39, 0.29) is 29.6 Å². The Labute approximate surface area is 133 Å². The van der Waals surface area contributed by atoms with Crippen molar-refractivity contribution in [3.05, 3.63) is 47.5 Å². The maximum absolute atomic E-state index is 2.34. The van der Waals surface area contributed by atoms with Crippen molar-refractivity contribution in [2.45, 2.75) is 46.0 Å². The van der Waals surface area contributed by atoms with Gasteiger partial charge in [0.25, 0.3) is 0 Å². The minimum Gasteiger partial charge on any atom is -0.0654 e. The van der Waals surface area contributed by atoms with Crippen LogP contribution in [0, 0.1) is 0 Å². The zero-order chi connectivity index (χ0) is 12.3. The minimum atomic E-state index is 0. The van der Waals surface area contributed by atoms with Gasteiger partial charge in [0.2, 0.25) is 0 Å². The van der Waals surface area contributed by atoms with Gasteiger partial charge in [-0.2, -0.15) is 0 Å². The summed E-state index contributed by atoms with van der Waals surface area (Å²) >= 11 is 0. The Morgan fingerprint density at radius 1 is 1.06 bits per heavy atom. The van der Waals surface area contributed by atoms with Crippen LogP contribution in [0.15, 0.2) is 36.4 Å². The Morgan fingerprint density at radius 2 is 1.83 bits per heavy atom. The second-order valence-corrected chi connectivity index (χ2v) is 5.16. The molecule has 18 heavy (non-hydrogen) atoms. The van der Waals surface area contributed by atoms with Gasteiger partial charge in [0.15, 0.2) is 0 Å². The molecule has 0 fully saturated rings. The van der Waals surface area contributed by atoms with Crippen molar-refractivity contribution >= 4 is 29.6 Å². The molecular weight excluding hydrogens is 227 g/mol. The molecule has 0 N–H and O–H groups in total. The van der Waals surface area contributed by atoms with Gasteiger partial charge < -0.3 is 0 Å². The van der Waals surface area contributed by atoms with Gasteiger partial charge in [0.05, 0.1) is 0 Å². The Bertz CT molecular complexity index is 459. The average molecular weight is 249 g/mol. The molecule has 0 saturated carbocycles. The normalized spacial score (nSPS) is 10.7. The van der Waals surface area contributed by atoms with E-state index < -0.39 is 0 Å². The van der Waals surface area contributed by atoms with Crippen LogP contribution in [0.5, 0.6) is 0 Å². The Kier molecular flexibility index (Phi) is 6.42. The van der Waals surface area contributed by atoms with E-state index in [0.29, 0.717) is 5.92 Å². The number of unbranched alkanes of at least 4 members (excludes halogenated alkanes) is 1. The van der Waals surface area contributed by atoms with Crippen molar-refractivity contribution in [2.24, 2.45) is 0 Å². The van der Waals surface area contributed by atoms with Crippen molar-refractivity contribution < 1.29 is 0 Å². The van der Waals surface area contributed by atoms with Gasteiger partial charge in [-0.15, -0.1) is 0 Å². The van der Waals surface area contributed by atoms with Crippen LogP contribution in [0.1, 0.15) is 50.7 Å². The molecule has 0 saturated heterocycles. The molecule has 0 spiro atoms. The van der Waals surface area contributed by atoms with Crippen LogP contribution in [0.3, 0.4) is 0 Å². The summed E-state index contributed by atoms with van der Waals surface area (Å²) in [5.74, 6) is 0.597. The topological polar surface area (TPSA) is 0 Å². The van der Waals surface area contributed by atoms with Gasteiger partial charge in [-0.1, -0.05) is 63.6 Å². The monoisotopic (exact) mass is 249 g/mol. The molecule has 0 bridgehead atoms.